The lowest BCUT2D eigenvalue weighted by molar-refractivity contribution is -0.137. The smallest absolute Gasteiger partial charge is 0.383 e. The Hall–Kier alpha value is -4.15. The molecule has 0 spiro atoms. The number of hydrogen-bond donors (Lipinski definition) is 0. The van der Waals surface area contributed by atoms with Crippen molar-refractivity contribution in [3.63, 3.8) is 0 Å². The van der Waals surface area contributed by atoms with Crippen molar-refractivity contribution >= 4 is 16.0 Å². The van der Waals surface area contributed by atoms with E-state index < -0.39 is 32.7 Å². The first-order valence-electron chi connectivity index (χ1n) is 12.7. The summed E-state index contributed by atoms with van der Waals surface area (Å²) in [5.74, 6) is -0.862. The zero-order valence-corrected chi connectivity index (χ0v) is 22.9. The number of alkyl halides is 3. The Labute approximate surface area is 237 Å². The van der Waals surface area contributed by atoms with Gasteiger partial charge in [-0.1, -0.05) is 78.9 Å². The number of carbonyl (C=O) groups is 1. The molecule has 0 radical (unpaired) electrons. The van der Waals surface area contributed by atoms with E-state index in [1.54, 1.807) is 17.0 Å². The number of halogens is 3. The van der Waals surface area contributed by atoms with Gasteiger partial charge < -0.3 is 13.8 Å². The molecule has 0 aliphatic rings. The van der Waals surface area contributed by atoms with Crippen molar-refractivity contribution in [2.24, 2.45) is 0 Å². The molecule has 214 valence electrons. The highest BCUT2D eigenvalue weighted by Crippen LogP contribution is 2.32. The summed E-state index contributed by atoms with van der Waals surface area (Å²) >= 11 is 0. The molecule has 1 amide bonds. The standard InChI is InChI=1S/C31H28F3NO5S/c1-39-19-18-35(30(36)29(24-11-4-2-5-12-24)25-13-6-3-7-14-25)22-23-10-8-16-27(20-23)40-41(37,38)28-17-9-15-26(21-28)31(32,33)34/h2-17,20-21,29H,18-19,22H2,1H3. The van der Waals surface area contributed by atoms with Crippen molar-refractivity contribution in [2.45, 2.75) is 23.5 Å². The van der Waals surface area contributed by atoms with Gasteiger partial charge >= 0.3 is 16.3 Å². The fraction of sp³-hybridized carbons (Fsp3) is 0.194. The van der Waals surface area contributed by atoms with Crippen molar-refractivity contribution in [1.82, 2.24) is 4.90 Å². The van der Waals surface area contributed by atoms with Crippen LogP contribution in [-0.2, 0) is 32.4 Å². The van der Waals surface area contributed by atoms with Gasteiger partial charge in [-0.3, -0.25) is 4.79 Å². The molecule has 41 heavy (non-hydrogen) atoms. The maximum absolute atomic E-state index is 14.0. The normalized spacial score (nSPS) is 11.8. The zero-order valence-electron chi connectivity index (χ0n) is 22.1. The lowest BCUT2D eigenvalue weighted by Crippen LogP contribution is -2.37. The molecule has 0 aromatic heterocycles. The molecule has 0 aliphatic carbocycles. The first kappa shape index (κ1) is 29.8. The van der Waals surface area contributed by atoms with E-state index in [-0.39, 0.29) is 31.4 Å². The van der Waals surface area contributed by atoms with E-state index in [0.717, 1.165) is 29.3 Å². The molecule has 0 saturated heterocycles. The molecule has 0 unspecified atom stereocenters. The summed E-state index contributed by atoms with van der Waals surface area (Å²) in [4.78, 5) is 15.0. The number of carbonyl (C=O) groups excluding carboxylic acids is 1. The number of hydrogen-bond acceptors (Lipinski definition) is 5. The van der Waals surface area contributed by atoms with Crippen LogP contribution in [0.4, 0.5) is 13.2 Å². The fourth-order valence-electron chi connectivity index (χ4n) is 4.34. The van der Waals surface area contributed by atoms with Crippen LogP contribution in [0, 0.1) is 0 Å². The van der Waals surface area contributed by atoms with Gasteiger partial charge in [0, 0.05) is 20.2 Å². The molecule has 0 atom stereocenters. The molecule has 4 rings (SSSR count). The summed E-state index contributed by atoms with van der Waals surface area (Å²) in [6.45, 7) is 0.639. The second-order valence-corrected chi connectivity index (χ2v) is 10.8. The predicted molar refractivity (Wildman–Crippen MR) is 148 cm³/mol. The number of nitrogens with zero attached hydrogens (tertiary/aromatic N) is 1. The Kier molecular flexibility index (Phi) is 9.46. The Morgan fingerprint density at radius 1 is 0.829 bits per heavy atom. The maximum Gasteiger partial charge on any atom is 0.416 e. The quantitative estimate of drug-likeness (QED) is 0.194. The number of methoxy groups -OCH3 is 1. The van der Waals surface area contributed by atoms with Gasteiger partial charge in [-0.2, -0.15) is 21.6 Å². The van der Waals surface area contributed by atoms with Crippen molar-refractivity contribution in [1.29, 1.82) is 0 Å². The highest BCUT2D eigenvalue weighted by Gasteiger charge is 2.32. The van der Waals surface area contributed by atoms with Gasteiger partial charge in [0.05, 0.1) is 18.1 Å². The van der Waals surface area contributed by atoms with Crippen LogP contribution >= 0.6 is 0 Å². The van der Waals surface area contributed by atoms with Crippen LogP contribution in [0.2, 0.25) is 0 Å². The van der Waals surface area contributed by atoms with E-state index in [1.807, 2.05) is 60.7 Å². The summed E-state index contributed by atoms with van der Waals surface area (Å²) in [6, 6.07) is 28.2. The lowest BCUT2D eigenvalue weighted by atomic mass is 9.90. The number of rotatable bonds is 11. The van der Waals surface area contributed by atoms with Crippen molar-refractivity contribution in [2.75, 3.05) is 20.3 Å². The second-order valence-electron chi connectivity index (χ2n) is 9.22. The van der Waals surface area contributed by atoms with Gasteiger partial charge in [0.25, 0.3) is 0 Å². The van der Waals surface area contributed by atoms with Crippen LogP contribution in [0.15, 0.2) is 114 Å². The van der Waals surface area contributed by atoms with Crippen LogP contribution in [0.1, 0.15) is 28.2 Å². The first-order chi connectivity index (χ1) is 19.6. The highest BCUT2D eigenvalue weighted by molar-refractivity contribution is 7.87. The molecule has 4 aromatic rings. The second kappa shape index (κ2) is 13.0. The van der Waals surface area contributed by atoms with Gasteiger partial charge in [0.15, 0.2) is 0 Å². The largest absolute Gasteiger partial charge is 0.416 e. The van der Waals surface area contributed by atoms with E-state index in [2.05, 4.69) is 0 Å². The highest BCUT2D eigenvalue weighted by atomic mass is 32.2. The summed E-state index contributed by atoms with van der Waals surface area (Å²) in [5, 5.41) is 0. The topological polar surface area (TPSA) is 72.9 Å². The Bertz CT molecular complexity index is 1520. The predicted octanol–water partition coefficient (Wildman–Crippen LogP) is 6.28. The first-order valence-corrected chi connectivity index (χ1v) is 14.1. The third kappa shape index (κ3) is 7.74. The van der Waals surface area contributed by atoms with E-state index in [1.165, 1.54) is 19.2 Å². The molecule has 0 fully saturated rings. The summed E-state index contributed by atoms with van der Waals surface area (Å²) in [7, 11) is -3.03. The van der Waals surface area contributed by atoms with E-state index >= 15 is 0 Å². The van der Waals surface area contributed by atoms with Gasteiger partial charge in [-0.05, 0) is 47.0 Å². The molecule has 0 bridgehead atoms. The molecular weight excluding hydrogens is 555 g/mol. The number of benzene rings is 4. The van der Waals surface area contributed by atoms with Gasteiger partial charge in [-0.15, -0.1) is 0 Å². The van der Waals surface area contributed by atoms with E-state index in [9.17, 15) is 26.4 Å². The fourth-order valence-corrected chi connectivity index (χ4v) is 5.31. The average molecular weight is 584 g/mol. The minimum absolute atomic E-state index is 0.0956. The number of ether oxygens (including phenoxy) is 1. The molecule has 0 aliphatic heterocycles. The molecule has 0 N–H and O–H groups in total. The van der Waals surface area contributed by atoms with Crippen LogP contribution in [0.25, 0.3) is 0 Å². The number of amides is 1. The maximum atomic E-state index is 14.0. The van der Waals surface area contributed by atoms with Gasteiger partial charge in [0.1, 0.15) is 10.6 Å². The minimum atomic E-state index is -4.71. The van der Waals surface area contributed by atoms with Crippen molar-refractivity contribution < 1.29 is 35.3 Å². The molecule has 0 heterocycles. The van der Waals surface area contributed by atoms with Crippen molar-refractivity contribution in [3.05, 3.63) is 131 Å². The third-order valence-electron chi connectivity index (χ3n) is 6.32. The SMILES string of the molecule is COCCN(Cc1cccc(OS(=O)(=O)c2cccc(C(F)(F)F)c2)c1)C(=O)C(c1ccccc1)c1ccccc1. The van der Waals surface area contributed by atoms with Gasteiger partial charge in [0.2, 0.25) is 5.91 Å². The zero-order chi connectivity index (χ0) is 29.5. The molecular formula is C31H28F3NO5S. The van der Waals surface area contributed by atoms with Crippen LogP contribution in [-0.4, -0.2) is 39.5 Å². The van der Waals surface area contributed by atoms with Crippen LogP contribution in [0.3, 0.4) is 0 Å². The van der Waals surface area contributed by atoms with Crippen LogP contribution < -0.4 is 4.18 Å². The van der Waals surface area contributed by atoms with Crippen molar-refractivity contribution in [3.8, 4) is 5.75 Å². The summed E-state index contributed by atoms with van der Waals surface area (Å²) in [6.07, 6.45) is -4.71. The molecule has 6 nitrogen and oxygen atoms in total. The molecule has 10 heteroatoms. The lowest BCUT2D eigenvalue weighted by Gasteiger charge is -2.28. The Morgan fingerprint density at radius 2 is 1.44 bits per heavy atom. The van der Waals surface area contributed by atoms with E-state index in [4.69, 9.17) is 8.92 Å². The van der Waals surface area contributed by atoms with Gasteiger partial charge in [-0.25, -0.2) is 0 Å². The summed E-state index contributed by atoms with van der Waals surface area (Å²) < 4.78 is 75.3. The Balaban J connectivity index is 1.60. The summed E-state index contributed by atoms with van der Waals surface area (Å²) in [5.41, 5.74) is 1.09. The van der Waals surface area contributed by atoms with Crippen LogP contribution in [0.5, 0.6) is 5.75 Å². The monoisotopic (exact) mass is 583 g/mol. The van der Waals surface area contributed by atoms with E-state index in [0.29, 0.717) is 11.6 Å². The minimum Gasteiger partial charge on any atom is -0.383 e. The molecule has 4 aromatic carbocycles. The Morgan fingerprint density at radius 3 is 2.02 bits per heavy atom. The third-order valence-corrected chi connectivity index (χ3v) is 7.56. The molecule has 0 saturated carbocycles. The average Bonchev–Trinajstić information content (AvgIpc) is 2.96.